The van der Waals surface area contributed by atoms with Crippen molar-refractivity contribution in [2.45, 2.75) is 117 Å². The van der Waals surface area contributed by atoms with E-state index >= 15 is 0 Å². The molecule has 0 saturated carbocycles. The lowest BCUT2D eigenvalue weighted by Gasteiger charge is -2.35. The maximum absolute atomic E-state index is 14.5. The average Bonchev–Trinajstić information content (AvgIpc) is 2.94. The Morgan fingerprint density at radius 3 is 2.07 bits per heavy atom. The van der Waals surface area contributed by atoms with E-state index in [9.17, 15) is 14.4 Å². The molecule has 0 aliphatic carbocycles. The van der Waals surface area contributed by atoms with E-state index in [1.54, 1.807) is 25.7 Å². The molecule has 2 rings (SSSR count). The molecule has 2 atom stereocenters. The van der Waals surface area contributed by atoms with Gasteiger partial charge in [0.1, 0.15) is 17.7 Å². The van der Waals surface area contributed by atoms with E-state index in [0.29, 0.717) is 13.1 Å². The molecular formula is C35H53N3O4. The summed E-state index contributed by atoms with van der Waals surface area (Å²) < 4.78 is 5.54. The van der Waals surface area contributed by atoms with Crippen LogP contribution in [0.25, 0.3) is 0 Å². The number of carbonyl (C=O) groups is 3. The molecule has 0 aliphatic rings. The van der Waals surface area contributed by atoms with Gasteiger partial charge in [-0.2, -0.15) is 0 Å². The zero-order valence-corrected chi connectivity index (χ0v) is 26.7. The van der Waals surface area contributed by atoms with Gasteiger partial charge in [0.25, 0.3) is 0 Å². The molecule has 2 aromatic rings. The maximum Gasteiger partial charge on any atom is 0.408 e. The molecule has 3 amide bonds. The van der Waals surface area contributed by atoms with Gasteiger partial charge < -0.3 is 20.3 Å². The molecule has 0 fully saturated rings. The molecule has 0 saturated heterocycles. The summed E-state index contributed by atoms with van der Waals surface area (Å²) in [5, 5.41) is 5.94. The lowest BCUT2D eigenvalue weighted by molar-refractivity contribution is -0.142. The van der Waals surface area contributed by atoms with E-state index in [1.807, 2.05) is 61.5 Å². The number of rotatable bonds is 17. The van der Waals surface area contributed by atoms with E-state index in [4.69, 9.17) is 4.74 Å². The summed E-state index contributed by atoms with van der Waals surface area (Å²) >= 11 is 0. The van der Waals surface area contributed by atoms with Gasteiger partial charge in [0.2, 0.25) is 11.8 Å². The first-order valence-electron chi connectivity index (χ1n) is 15.7. The Morgan fingerprint density at radius 1 is 0.833 bits per heavy atom. The van der Waals surface area contributed by atoms with Crippen LogP contribution in [0.1, 0.15) is 109 Å². The van der Waals surface area contributed by atoms with Crippen LogP contribution in [-0.2, 0) is 20.7 Å². The van der Waals surface area contributed by atoms with E-state index in [2.05, 4.69) is 24.5 Å². The van der Waals surface area contributed by atoms with E-state index in [-0.39, 0.29) is 18.2 Å². The minimum atomic E-state index is -0.904. The maximum atomic E-state index is 14.5. The minimum Gasteiger partial charge on any atom is -0.444 e. The second-order valence-corrected chi connectivity index (χ2v) is 12.1. The number of aryl methyl sites for hydroxylation is 1. The first-order valence-corrected chi connectivity index (χ1v) is 15.7. The molecule has 0 radical (unpaired) electrons. The van der Waals surface area contributed by atoms with Crippen LogP contribution in [0, 0.1) is 6.92 Å². The fourth-order valence-electron chi connectivity index (χ4n) is 4.86. The van der Waals surface area contributed by atoms with Crippen molar-refractivity contribution in [3.8, 4) is 0 Å². The second-order valence-electron chi connectivity index (χ2n) is 12.1. The number of hydrogen-bond donors (Lipinski definition) is 2. The Kier molecular flexibility index (Phi) is 15.1. The summed E-state index contributed by atoms with van der Waals surface area (Å²) in [6.45, 7) is 12.6. The van der Waals surface area contributed by atoms with Crippen LogP contribution < -0.4 is 10.6 Å². The number of unbranched alkanes of at least 4 members (excludes halogenated alkanes) is 6. The summed E-state index contributed by atoms with van der Waals surface area (Å²) in [4.78, 5) is 43.0. The molecule has 0 heterocycles. The number of ether oxygens (including phenoxy) is 1. The van der Waals surface area contributed by atoms with Crippen LogP contribution in [0.4, 0.5) is 4.79 Å². The molecule has 0 spiro atoms. The molecule has 0 bridgehead atoms. The highest BCUT2D eigenvalue weighted by molar-refractivity contribution is 5.92. The number of nitrogens with zero attached hydrogens (tertiary/aromatic N) is 1. The molecule has 2 unspecified atom stereocenters. The van der Waals surface area contributed by atoms with Gasteiger partial charge in [-0.05, 0) is 51.7 Å². The number of nitrogens with one attached hydrogen (secondary N) is 2. The quantitative estimate of drug-likeness (QED) is 0.193. The van der Waals surface area contributed by atoms with Gasteiger partial charge in [-0.15, -0.1) is 0 Å². The fraction of sp³-hybridized carbons (Fsp3) is 0.571. The normalized spacial score (nSPS) is 12.7. The molecule has 2 N–H and O–H groups in total. The van der Waals surface area contributed by atoms with E-state index in [1.165, 1.54) is 0 Å². The zero-order valence-electron chi connectivity index (χ0n) is 26.7. The van der Waals surface area contributed by atoms with Crippen LogP contribution in [0.5, 0.6) is 0 Å². The highest BCUT2D eigenvalue weighted by Gasteiger charge is 2.36. The average molecular weight is 580 g/mol. The van der Waals surface area contributed by atoms with Gasteiger partial charge >= 0.3 is 6.09 Å². The van der Waals surface area contributed by atoms with Crippen molar-refractivity contribution in [3.05, 3.63) is 71.3 Å². The third-order valence-corrected chi connectivity index (χ3v) is 7.09. The lowest BCUT2D eigenvalue weighted by Crippen LogP contribution is -2.54. The molecule has 7 heteroatoms. The van der Waals surface area contributed by atoms with Crippen molar-refractivity contribution < 1.29 is 19.1 Å². The highest BCUT2D eigenvalue weighted by atomic mass is 16.6. The van der Waals surface area contributed by atoms with Gasteiger partial charge in [-0.3, -0.25) is 9.59 Å². The second kappa shape index (κ2) is 18.2. The third kappa shape index (κ3) is 12.7. The third-order valence-electron chi connectivity index (χ3n) is 7.09. The first-order chi connectivity index (χ1) is 20.1. The van der Waals surface area contributed by atoms with Crippen LogP contribution in [0.3, 0.4) is 0 Å². The molecule has 2 aromatic carbocycles. The fourth-order valence-corrected chi connectivity index (χ4v) is 4.86. The predicted octanol–water partition coefficient (Wildman–Crippen LogP) is 7.28. The topological polar surface area (TPSA) is 87.7 Å². The van der Waals surface area contributed by atoms with E-state index < -0.39 is 23.8 Å². The summed E-state index contributed by atoms with van der Waals surface area (Å²) in [5.41, 5.74) is 2.02. The number of amides is 3. The largest absolute Gasteiger partial charge is 0.444 e. The van der Waals surface area contributed by atoms with Gasteiger partial charge in [0.05, 0.1) is 0 Å². The van der Waals surface area contributed by atoms with Crippen molar-refractivity contribution in [1.82, 2.24) is 15.5 Å². The SMILES string of the molecule is CCCCCCCN(C(=O)C(Cc1ccccc1)NC(=O)OC(C)(C)C)C(C(=O)NCCCCC)c1ccc(C)cc1. The van der Waals surface area contributed by atoms with Gasteiger partial charge in [0, 0.05) is 19.5 Å². The molecule has 7 nitrogen and oxygen atoms in total. The van der Waals surface area contributed by atoms with Gasteiger partial charge in [-0.25, -0.2) is 4.79 Å². The van der Waals surface area contributed by atoms with Crippen LogP contribution in [0.2, 0.25) is 0 Å². The standard InChI is InChI=1S/C35H53N3O4/c1-7-9-11-12-17-25-38(31(29-22-20-27(3)21-23-29)32(39)36-24-16-10-8-2)33(40)30(26-28-18-14-13-15-19-28)37-34(41)42-35(4,5)6/h13-15,18-23,30-31H,7-12,16-17,24-26H2,1-6H3,(H,36,39)(H,37,41). The van der Waals surface area contributed by atoms with Gasteiger partial charge in [0.15, 0.2) is 0 Å². The van der Waals surface area contributed by atoms with Crippen molar-refractivity contribution in [3.63, 3.8) is 0 Å². The van der Waals surface area contributed by atoms with Crippen molar-refractivity contribution in [1.29, 1.82) is 0 Å². The van der Waals surface area contributed by atoms with Crippen LogP contribution in [-0.4, -0.2) is 47.5 Å². The Morgan fingerprint density at radius 2 is 1.45 bits per heavy atom. The van der Waals surface area contributed by atoms with E-state index in [0.717, 1.165) is 68.1 Å². The first kappa shape index (κ1) is 34.8. The predicted molar refractivity (Wildman–Crippen MR) is 170 cm³/mol. The summed E-state index contributed by atoms with van der Waals surface area (Å²) in [5.74, 6) is -0.498. The Balaban J connectivity index is 2.49. The minimum absolute atomic E-state index is 0.201. The molecular weight excluding hydrogens is 526 g/mol. The summed E-state index contributed by atoms with van der Waals surface area (Å²) in [6.07, 6.45) is 7.62. The lowest BCUT2D eigenvalue weighted by atomic mass is 9.99. The Labute approximate surface area is 253 Å². The van der Waals surface area contributed by atoms with Crippen LogP contribution in [0.15, 0.2) is 54.6 Å². The molecule has 232 valence electrons. The molecule has 0 aromatic heterocycles. The monoisotopic (exact) mass is 579 g/mol. The number of benzene rings is 2. The Hall–Kier alpha value is -3.35. The number of hydrogen-bond acceptors (Lipinski definition) is 4. The molecule has 0 aliphatic heterocycles. The number of alkyl carbamates (subject to hydrolysis) is 1. The number of carbonyl (C=O) groups excluding carboxylic acids is 3. The summed E-state index contributed by atoms with van der Waals surface area (Å²) in [7, 11) is 0. The van der Waals surface area contributed by atoms with Crippen molar-refractivity contribution in [2.75, 3.05) is 13.1 Å². The zero-order chi connectivity index (χ0) is 31.0. The highest BCUT2D eigenvalue weighted by Crippen LogP contribution is 2.25. The van der Waals surface area contributed by atoms with Crippen molar-refractivity contribution in [2.24, 2.45) is 0 Å². The molecule has 42 heavy (non-hydrogen) atoms. The smallest absolute Gasteiger partial charge is 0.408 e. The van der Waals surface area contributed by atoms with Gasteiger partial charge in [-0.1, -0.05) is 113 Å². The van der Waals surface area contributed by atoms with Crippen molar-refractivity contribution >= 4 is 17.9 Å². The summed E-state index contributed by atoms with van der Waals surface area (Å²) in [6, 6.07) is 15.7. The Bertz CT molecular complexity index is 1080. The van der Waals surface area contributed by atoms with Crippen LogP contribution >= 0.6 is 0 Å².